The summed E-state index contributed by atoms with van der Waals surface area (Å²) in [6.07, 6.45) is 1.16. The Morgan fingerprint density at radius 3 is 2.54 bits per heavy atom. The first kappa shape index (κ1) is 21.2. The van der Waals surface area contributed by atoms with E-state index in [9.17, 15) is 13.2 Å². The van der Waals surface area contributed by atoms with E-state index in [-0.39, 0.29) is 11.8 Å². The van der Waals surface area contributed by atoms with Gasteiger partial charge in [0.05, 0.1) is 0 Å². The van der Waals surface area contributed by atoms with Crippen LogP contribution in [0.15, 0.2) is 24.3 Å². The van der Waals surface area contributed by atoms with Gasteiger partial charge in [-0.25, -0.2) is 0 Å². The van der Waals surface area contributed by atoms with Crippen molar-refractivity contribution < 1.29 is 13.2 Å². The minimum absolute atomic E-state index is 0.0448. The lowest BCUT2D eigenvalue weighted by Crippen LogP contribution is -2.47. The molecule has 0 aromatic heterocycles. The third kappa shape index (κ3) is 5.70. The van der Waals surface area contributed by atoms with Crippen LogP contribution in [0.2, 0.25) is 0 Å². The SMILES string of the molecule is Cc1ccccc1CSCCNC(=O)C1CCN(S(=O)(=O)N(C)C)CC1. The summed E-state index contributed by atoms with van der Waals surface area (Å²) in [6.45, 7) is 3.56. The second-order valence-electron chi connectivity index (χ2n) is 6.73. The fourth-order valence-corrected chi connectivity index (χ4v) is 4.99. The Balaban J connectivity index is 1.66. The predicted molar refractivity (Wildman–Crippen MR) is 107 cm³/mol. The average molecular weight is 400 g/mol. The van der Waals surface area contributed by atoms with Gasteiger partial charge in [-0.15, -0.1) is 0 Å². The van der Waals surface area contributed by atoms with Gasteiger partial charge in [0, 0.05) is 51.2 Å². The maximum absolute atomic E-state index is 12.3. The van der Waals surface area contributed by atoms with E-state index in [4.69, 9.17) is 0 Å². The van der Waals surface area contributed by atoms with Crippen LogP contribution in [0.4, 0.5) is 0 Å². The van der Waals surface area contributed by atoms with Crippen LogP contribution < -0.4 is 5.32 Å². The van der Waals surface area contributed by atoms with Crippen LogP contribution in [0, 0.1) is 12.8 Å². The minimum atomic E-state index is -3.37. The summed E-state index contributed by atoms with van der Waals surface area (Å²) >= 11 is 1.81. The standard InChI is InChI=1S/C18H29N3O3S2/c1-15-6-4-5-7-17(15)14-25-13-10-19-18(22)16-8-11-21(12-9-16)26(23,24)20(2)3/h4-7,16H,8-14H2,1-3H3,(H,19,22). The number of piperidine rings is 1. The predicted octanol–water partition coefficient (Wildman–Crippen LogP) is 1.86. The first-order valence-electron chi connectivity index (χ1n) is 8.90. The molecule has 1 N–H and O–H groups in total. The Morgan fingerprint density at radius 1 is 1.27 bits per heavy atom. The van der Waals surface area contributed by atoms with Crippen molar-refractivity contribution in [1.29, 1.82) is 0 Å². The van der Waals surface area contributed by atoms with Crippen molar-refractivity contribution in [3.63, 3.8) is 0 Å². The molecular formula is C18H29N3O3S2. The molecular weight excluding hydrogens is 370 g/mol. The molecule has 0 bridgehead atoms. The van der Waals surface area contributed by atoms with E-state index in [1.807, 2.05) is 23.9 Å². The number of rotatable bonds is 8. The Labute approximate surface area is 161 Å². The zero-order chi connectivity index (χ0) is 19.2. The number of hydrogen-bond donors (Lipinski definition) is 1. The van der Waals surface area contributed by atoms with Crippen LogP contribution in [-0.4, -0.2) is 62.4 Å². The molecule has 8 heteroatoms. The van der Waals surface area contributed by atoms with Gasteiger partial charge < -0.3 is 5.32 Å². The molecule has 2 rings (SSSR count). The smallest absolute Gasteiger partial charge is 0.281 e. The van der Waals surface area contributed by atoms with Gasteiger partial charge in [0.2, 0.25) is 5.91 Å². The Morgan fingerprint density at radius 2 is 1.92 bits per heavy atom. The number of carbonyl (C=O) groups is 1. The molecule has 26 heavy (non-hydrogen) atoms. The Hall–Kier alpha value is -1.09. The molecule has 0 radical (unpaired) electrons. The second-order valence-corrected chi connectivity index (χ2v) is 9.98. The van der Waals surface area contributed by atoms with Crippen molar-refractivity contribution in [1.82, 2.24) is 13.9 Å². The zero-order valence-corrected chi connectivity index (χ0v) is 17.4. The fraction of sp³-hybridized carbons (Fsp3) is 0.611. The van der Waals surface area contributed by atoms with Crippen molar-refractivity contribution in [3.8, 4) is 0 Å². The van der Waals surface area contributed by atoms with Crippen molar-refractivity contribution in [2.75, 3.05) is 39.5 Å². The number of aryl methyl sites for hydroxylation is 1. The van der Waals surface area contributed by atoms with Gasteiger partial charge in [0.1, 0.15) is 0 Å². The molecule has 1 amide bonds. The van der Waals surface area contributed by atoms with Crippen LogP contribution >= 0.6 is 11.8 Å². The van der Waals surface area contributed by atoms with Gasteiger partial charge in [-0.1, -0.05) is 24.3 Å². The molecule has 1 aliphatic heterocycles. The van der Waals surface area contributed by atoms with E-state index in [1.165, 1.54) is 33.8 Å². The van der Waals surface area contributed by atoms with Crippen molar-refractivity contribution in [2.24, 2.45) is 5.92 Å². The van der Waals surface area contributed by atoms with Crippen LogP contribution in [0.5, 0.6) is 0 Å². The highest BCUT2D eigenvalue weighted by atomic mass is 32.2. The third-order valence-electron chi connectivity index (χ3n) is 4.68. The van der Waals surface area contributed by atoms with E-state index >= 15 is 0 Å². The molecule has 1 fully saturated rings. The largest absolute Gasteiger partial charge is 0.355 e. The second kappa shape index (κ2) is 9.73. The maximum atomic E-state index is 12.3. The lowest BCUT2D eigenvalue weighted by atomic mass is 9.97. The zero-order valence-electron chi connectivity index (χ0n) is 15.8. The highest BCUT2D eigenvalue weighted by Crippen LogP contribution is 2.21. The maximum Gasteiger partial charge on any atom is 0.281 e. The number of thioether (sulfide) groups is 1. The normalized spacial score (nSPS) is 16.8. The summed E-state index contributed by atoms with van der Waals surface area (Å²) in [5.74, 6) is 1.77. The van der Waals surface area contributed by atoms with E-state index in [0.29, 0.717) is 32.5 Å². The van der Waals surface area contributed by atoms with Crippen LogP contribution in [-0.2, 0) is 20.8 Å². The molecule has 1 aromatic carbocycles. The first-order chi connectivity index (χ1) is 12.3. The van der Waals surface area contributed by atoms with E-state index in [1.54, 1.807) is 0 Å². The Bertz CT molecular complexity index is 699. The van der Waals surface area contributed by atoms with E-state index in [0.717, 1.165) is 11.5 Å². The number of nitrogens with one attached hydrogen (secondary N) is 1. The summed E-state index contributed by atoms with van der Waals surface area (Å²) in [4.78, 5) is 12.3. The molecule has 1 aromatic rings. The average Bonchev–Trinajstić information content (AvgIpc) is 2.62. The highest BCUT2D eigenvalue weighted by Gasteiger charge is 2.31. The van der Waals surface area contributed by atoms with Gasteiger partial charge >= 0.3 is 0 Å². The first-order valence-corrected chi connectivity index (χ1v) is 11.4. The molecule has 0 atom stereocenters. The van der Waals surface area contributed by atoms with Crippen molar-refractivity contribution >= 4 is 27.9 Å². The number of carbonyl (C=O) groups excluding carboxylic acids is 1. The number of benzene rings is 1. The lowest BCUT2D eigenvalue weighted by Gasteiger charge is -2.32. The van der Waals surface area contributed by atoms with Gasteiger partial charge in [-0.2, -0.15) is 28.8 Å². The number of amides is 1. The van der Waals surface area contributed by atoms with Crippen LogP contribution in [0.25, 0.3) is 0 Å². The molecule has 0 spiro atoms. The van der Waals surface area contributed by atoms with Crippen molar-refractivity contribution in [2.45, 2.75) is 25.5 Å². The Kier molecular flexibility index (Phi) is 7.94. The van der Waals surface area contributed by atoms with Crippen molar-refractivity contribution in [3.05, 3.63) is 35.4 Å². The van der Waals surface area contributed by atoms with Crippen LogP contribution in [0.1, 0.15) is 24.0 Å². The van der Waals surface area contributed by atoms with Gasteiger partial charge in [-0.05, 0) is 30.9 Å². The monoisotopic (exact) mass is 399 g/mol. The molecule has 146 valence electrons. The molecule has 0 unspecified atom stereocenters. The van der Waals surface area contributed by atoms with E-state index < -0.39 is 10.2 Å². The summed E-state index contributed by atoms with van der Waals surface area (Å²) < 4.78 is 26.9. The molecule has 1 heterocycles. The fourth-order valence-electron chi connectivity index (χ4n) is 2.92. The van der Waals surface area contributed by atoms with E-state index in [2.05, 4.69) is 24.4 Å². The van der Waals surface area contributed by atoms with Gasteiger partial charge in [0.15, 0.2) is 0 Å². The van der Waals surface area contributed by atoms with Gasteiger partial charge in [0.25, 0.3) is 10.2 Å². The molecule has 1 aliphatic rings. The lowest BCUT2D eigenvalue weighted by molar-refractivity contribution is -0.125. The molecule has 0 aliphatic carbocycles. The minimum Gasteiger partial charge on any atom is -0.355 e. The molecule has 6 nitrogen and oxygen atoms in total. The summed E-state index contributed by atoms with van der Waals surface area (Å²) in [5, 5.41) is 2.99. The highest BCUT2D eigenvalue weighted by molar-refractivity contribution is 7.98. The quantitative estimate of drug-likeness (QED) is 0.678. The third-order valence-corrected chi connectivity index (χ3v) is 7.63. The summed E-state index contributed by atoms with van der Waals surface area (Å²) in [6, 6.07) is 8.34. The number of nitrogens with zero attached hydrogens (tertiary/aromatic N) is 2. The topological polar surface area (TPSA) is 69.7 Å². The summed E-state index contributed by atoms with van der Waals surface area (Å²) in [7, 11) is -0.311. The summed E-state index contributed by atoms with van der Waals surface area (Å²) in [5.41, 5.74) is 2.63. The molecule has 1 saturated heterocycles. The van der Waals surface area contributed by atoms with Gasteiger partial charge in [-0.3, -0.25) is 4.79 Å². The van der Waals surface area contributed by atoms with Crippen LogP contribution in [0.3, 0.4) is 0 Å². The number of hydrogen-bond acceptors (Lipinski definition) is 4. The molecule has 0 saturated carbocycles.